The Bertz CT molecular complexity index is 515. The molecule has 2 rings (SSSR count). The Labute approximate surface area is 114 Å². The van der Waals surface area contributed by atoms with Gasteiger partial charge in [0, 0.05) is 25.0 Å². The van der Waals surface area contributed by atoms with Crippen LogP contribution in [0.2, 0.25) is 0 Å². The van der Waals surface area contributed by atoms with Gasteiger partial charge in [-0.15, -0.1) is 0 Å². The second-order valence-corrected chi connectivity index (χ2v) is 6.93. The van der Waals surface area contributed by atoms with E-state index >= 15 is 0 Å². The van der Waals surface area contributed by atoms with E-state index in [4.69, 9.17) is 0 Å². The van der Waals surface area contributed by atoms with Crippen LogP contribution in [-0.4, -0.2) is 37.2 Å². The summed E-state index contributed by atoms with van der Waals surface area (Å²) in [5, 5.41) is 3.17. The quantitative estimate of drug-likeness (QED) is 0.840. The summed E-state index contributed by atoms with van der Waals surface area (Å²) in [6, 6.07) is 0.0212. The summed E-state index contributed by atoms with van der Waals surface area (Å²) < 4.78 is 25.3. The molecule has 106 valence electrons. The third-order valence-corrected chi connectivity index (χ3v) is 4.06. The molecule has 2 atom stereocenters. The minimum absolute atomic E-state index is 0.0212. The molecule has 1 saturated carbocycles. The predicted molar refractivity (Wildman–Crippen MR) is 74.4 cm³/mol. The van der Waals surface area contributed by atoms with Crippen LogP contribution in [0.3, 0.4) is 0 Å². The van der Waals surface area contributed by atoms with Gasteiger partial charge in [0.15, 0.2) is 0 Å². The van der Waals surface area contributed by atoms with E-state index in [1.54, 1.807) is 12.4 Å². The van der Waals surface area contributed by atoms with E-state index < -0.39 is 10.0 Å². The summed E-state index contributed by atoms with van der Waals surface area (Å²) in [4.78, 5) is 8.36. The molecular weight excluding hydrogens is 264 g/mol. The van der Waals surface area contributed by atoms with Crippen molar-refractivity contribution in [3.63, 3.8) is 0 Å². The topological polar surface area (TPSA) is 84.0 Å². The van der Waals surface area contributed by atoms with Crippen molar-refractivity contribution in [2.45, 2.75) is 32.2 Å². The summed E-state index contributed by atoms with van der Waals surface area (Å²) in [7, 11) is -3.14. The van der Waals surface area contributed by atoms with Gasteiger partial charge in [-0.1, -0.05) is 6.42 Å². The molecule has 1 aliphatic rings. The Morgan fingerprint density at radius 2 is 2.00 bits per heavy atom. The van der Waals surface area contributed by atoms with Crippen molar-refractivity contribution < 1.29 is 8.42 Å². The zero-order chi connectivity index (χ0) is 13.9. The lowest BCUT2D eigenvalue weighted by atomic mass is 10.1. The Morgan fingerprint density at radius 3 is 2.63 bits per heavy atom. The summed E-state index contributed by atoms with van der Waals surface area (Å²) in [6.07, 6.45) is 7.69. The van der Waals surface area contributed by atoms with Crippen LogP contribution in [0.15, 0.2) is 12.4 Å². The van der Waals surface area contributed by atoms with Crippen molar-refractivity contribution in [3.8, 4) is 0 Å². The number of aryl methyl sites for hydroxylation is 1. The number of anilines is 1. The van der Waals surface area contributed by atoms with Crippen LogP contribution in [0, 0.1) is 12.8 Å². The zero-order valence-electron chi connectivity index (χ0n) is 11.3. The van der Waals surface area contributed by atoms with Gasteiger partial charge in [0.1, 0.15) is 0 Å². The third kappa shape index (κ3) is 4.43. The third-order valence-electron chi connectivity index (χ3n) is 3.33. The average molecular weight is 284 g/mol. The number of rotatable bonds is 5. The van der Waals surface area contributed by atoms with Crippen molar-refractivity contribution in [1.82, 2.24) is 14.7 Å². The second-order valence-electron chi connectivity index (χ2n) is 5.15. The first-order chi connectivity index (χ1) is 8.94. The highest BCUT2D eigenvalue weighted by Crippen LogP contribution is 2.26. The molecule has 0 amide bonds. The van der Waals surface area contributed by atoms with E-state index in [-0.39, 0.29) is 6.04 Å². The van der Waals surface area contributed by atoms with Crippen molar-refractivity contribution in [2.75, 3.05) is 18.1 Å². The number of aromatic nitrogens is 2. The van der Waals surface area contributed by atoms with Crippen molar-refractivity contribution >= 4 is 16.0 Å². The van der Waals surface area contributed by atoms with Gasteiger partial charge in [0.2, 0.25) is 16.0 Å². The fraction of sp³-hybridized carbons (Fsp3) is 0.667. The summed E-state index contributed by atoms with van der Waals surface area (Å²) in [5.41, 5.74) is 1.02. The standard InChI is InChI=1S/C12H20N4O2S/c1-9-6-13-12(14-7-9)15-8-10-4-3-5-11(10)16-19(2,17)18/h6-7,10-11,16H,3-5,8H2,1-2H3,(H,13,14,15). The molecule has 19 heavy (non-hydrogen) atoms. The lowest BCUT2D eigenvalue weighted by Gasteiger charge is -2.20. The van der Waals surface area contributed by atoms with Crippen molar-refractivity contribution in [2.24, 2.45) is 5.92 Å². The van der Waals surface area contributed by atoms with Crippen LogP contribution in [0.5, 0.6) is 0 Å². The van der Waals surface area contributed by atoms with Gasteiger partial charge in [-0.05, 0) is 31.2 Å². The van der Waals surface area contributed by atoms with E-state index in [0.717, 1.165) is 24.8 Å². The number of hydrogen-bond donors (Lipinski definition) is 2. The molecule has 0 radical (unpaired) electrons. The largest absolute Gasteiger partial charge is 0.354 e. The van der Waals surface area contributed by atoms with Gasteiger partial charge in [0.25, 0.3) is 0 Å². The molecule has 0 aliphatic heterocycles. The number of nitrogens with one attached hydrogen (secondary N) is 2. The summed E-state index contributed by atoms with van der Waals surface area (Å²) >= 11 is 0. The molecule has 0 spiro atoms. The fourth-order valence-electron chi connectivity index (χ4n) is 2.42. The SMILES string of the molecule is Cc1cnc(NCC2CCCC2NS(C)(=O)=O)nc1. The molecule has 0 aromatic carbocycles. The molecule has 1 aliphatic carbocycles. The average Bonchev–Trinajstić information content (AvgIpc) is 2.73. The minimum atomic E-state index is -3.14. The maximum absolute atomic E-state index is 11.3. The second kappa shape index (κ2) is 5.83. The van der Waals surface area contributed by atoms with Crippen molar-refractivity contribution in [3.05, 3.63) is 18.0 Å². The molecule has 1 aromatic heterocycles. The van der Waals surface area contributed by atoms with Gasteiger partial charge in [-0.25, -0.2) is 23.1 Å². The van der Waals surface area contributed by atoms with Crippen LogP contribution in [0.25, 0.3) is 0 Å². The highest BCUT2D eigenvalue weighted by atomic mass is 32.2. The monoisotopic (exact) mass is 284 g/mol. The molecule has 0 bridgehead atoms. The van der Waals surface area contributed by atoms with E-state index in [1.165, 1.54) is 6.26 Å². The summed E-state index contributed by atoms with van der Waals surface area (Å²) in [6.45, 7) is 2.63. The molecule has 2 unspecified atom stereocenters. The molecule has 7 heteroatoms. The van der Waals surface area contributed by atoms with E-state index in [9.17, 15) is 8.42 Å². The first-order valence-electron chi connectivity index (χ1n) is 6.44. The smallest absolute Gasteiger partial charge is 0.222 e. The number of sulfonamides is 1. The maximum atomic E-state index is 11.3. The van der Waals surface area contributed by atoms with Crippen LogP contribution in [0.4, 0.5) is 5.95 Å². The van der Waals surface area contributed by atoms with Gasteiger partial charge in [0.05, 0.1) is 6.26 Å². The fourth-order valence-corrected chi connectivity index (χ4v) is 3.28. The Morgan fingerprint density at radius 1 is 1.32 bits per heavy atom. The lowest BCUT2D eigenvalue weighted by molar-refractivity contribution is 0.463. The molecular formula is C12H20N4O2S. The Balaban J connectivity index is 1.89. The van der Waals surface area contributed by atoms with Crippen LogP contribution in [-0.2, 0) is 10.0 Å². The molecule has 2 N–H and O–H groups in total. The molecule has 0 saturated heterocycles. The first-order valence-corrected chi connectivity index (χ1v) is 8.33. The lowest BCUT2D eigenvalue weighted by Crippen LogP contribution is -2.39. The highest BCUT2D eigenvalue weighted by molar-refractivity contribution is 7.88. The van der Waals surface area contributed by atoms with Gasteiger partial charge in [-0.3, -0.25) is 0 Å². The predicted octanol–water partition coefficient (Wildman–Crippen LogP) is 0.915. The van der Waals surface area contributed by atoms with Gasteiger partial charge in [-0.2, -0.15) is 0 Å². The first kappa shape index (κ1) is 14.2. The van der Waals surface area contributed by atoms with Crippen LogP contribution in [0.1, 0.15) is 24.8 Å². The van der Waals surface area contributed by atoms with E-state index in [2.05, 4.69) is 20.0 Å². The Kier molecular flexibility index (Phi) is 4.36. The number of nitrogens with zero attached hydrogens (tertiary/aromatic N) is 2. The van der Waals surface area contributed by atoms with Gasteiger partial charge < -0.3 is 5.32 Å². The normalized spacial score (nSPS) is 23.5. The van der Waals surface area contributed by atoms with Crippen molar-refractivity contribution in [1.29, 1.82) is 0 Å². The summed E-state index contributed by atoms with van der Waals surface area (Å²) in [5.74, 6) is 0.884. The van der Waals surface area contributed by atoms with E-state index in [0.29, 0.717) is 18.4 Å². The maximum Gasteiger partial charge on any atom is 0.222 e. The Hall–Kier alpha value is -1.21. The molecule has 1 aromatic rings. The minimum Gasteiger partial charge on any atom is -0.354 e. The molecule has 6 nitrogen and oxygen atoms in total. The molecule has 1 heterocycles. The van der Waals surface area contributed by atoms with E-state index in [1.807, 2.05) is 6.92 Å². The van der Waals surface area contributed by atoms with Crippen LogP contribution >= 0.6 is 0 Å². The van der Waals surface area contributed by atoms with Gasteiger partial charge >= 0.3 is 0 Å². The molecule has 1 fully saturated rings. The zero-order valence-corrected chi connectivity index (χ0v) is 12.1. The highest BCUT2D eigenvalue weighted by Gasteiger charge is 2.29. The number of hydrogen-bond acceptors (Lipinski definition) is 5. The van der Waals surface area contributed by atoms with Crippen LogP contribution < -0.4 is 10.0 Å².